The molecule has 3 nitrogen and oxygen atoms in total. The molecule has 0 amide bonds. The summed E-state index contributed by atoms with van der Waals surface area (Å²) in [6.45, 7) is 4.54. The molecular formula is C16H28ClN3. The molecule has 1 unspecified atom stereocenters. The van der Waals surface area contributed by atoms with E-state index in [-0.39, 0.29) is 0 Å². The summed E-state index contributed by atoms with van der Waals surface area (Å²) >= 11 is 6.50. The van der Waals surface area contributed by atoms with Gasteiger partial charge in [0.25, 0.3) is 0 Å². The summed E-state index contributed by atoms with van der Waals surface area (Å²) < 4.78 is 1.97. The molecule has 20 heavy (non-hydrogen) atoms. The molecule has 1 aromatic rings. The fourth-order valence-electron chi connectivity index (χ4n) is 3.64. The van der Waals surface area contributed by atoms with Crippen molar-refractivity contribution in [3.05, 3.63) is 16.4 Å². The lowest BCUT2D eigenvalue weighted by molar-refractivity contribution is 0.148. The Balaban J connectivity index is 2.20. The highest BCUT2D eigenvalue weighted by molar-refractivity contribution is 6.31. The van der Waals surface area contributed by atoms with Gasteiger partial charge in [0.1, 0.15) is 0 Å². The lowest BCUT2D eigenvalue weighted by Crippen LogP contribution is -2.45. The van der Waals surface area contributed by atoms with Gasteiger partial charge in [0, 0.05) is 19.5 Å². The smallest absolute Gasteiger partial charge is 0.0850 e. The summed E-state index contributed by atoms with van der Waals surface area (Å²) in [7, 11) is 4.09. The lowest BCUT2D eigenvalue weighted by Gasteiger charge is -2.41. The molecule has 0 aromatic carbocycles. The number of nitrogens with one attached hydrogen (secondary N) is 1. The summed E-state index contributed by atoms with van der Waals surface area (Å²) in [5.74, 6) is 0. The summed E-state index contributed by atoms with van der Waals surface area (Å²) in [5, 5.41) is 8.95. The average molecular weight is 298 g/mol. The molecule has 1 heterocycles. The number of likely N-dealkylation sites (N-methyl/N-ethyl adjacent to an activating group) is 1. The second-order valence-electron chi connectivity index (χ2n) is 6.44. The van der Waals surface area contributed by atoms with E-state index in [9.17, 15) is 0 Å². The van der Waals surface area contributed by atoms with Crippen LogP contribution >= 0.6 is 11.6 Å². The van der Waals surface area contributed by atoms with Gasteiger partial charge in [0.2, 0.25) is 0 Å². The highest BCUT2D eigenvalue weighted by Gasteiger charge is 2.35. The molecule has 0 saturated heterocycles. The van der Waals surface area contributed by atoms with Crippen LogP contribution in [0.1, 0.15) is 57.3 Å². The van der Waals surface area contributed by atoms with Crippen LogP contribution in [0, 0.1) is 5.41 Å². The van der Waals surface area contributed by atoms with E-state index in [1.807, 2.05) is 11.7 Å². The van der Waals surface area contributed by atoms with Gasteiger partial charge in [-0.05, 0) is 31.7 Å². The molecule has 0 bridgehead atoms. The molecule has 114 valence electrons. The molecule has 1 atom stereocenters. The molecule has 4 heteroatoms. The Morgan fingerprint density at radius 2 is 2.00 bits per heavy atom. The largest absolute Gasteiger partial charge is 0.316 e. The Labute approximate surface area is 128 Å². The van der Waals surface area contributed by atoms with Crippen LogP contribution in [0.15, 0.2) is 0 Å². The fraction of sp³-hybridized carbons (Fsp3) is 0.812. The average Bonchev–Trinajstić information content (AvgIpc) is 2.71. The van der Waals surface area contributed by atoms with E-state index in [2.05, 4.69) is 31.3 Å². The SMILES string of the molecule is CCc1nn(C)c(CC(NC)C2(C)CCCCC2)c1Cl. The van der Waals surface area contributed by atoms with Gasteiger partial charge in [0.15, 0.2) is 0 Å². The van der Waals surface area contributed by atoms with Crippen LogP contribution in [0.4, 0.5) is 0 Å². The monoisotopic (exact) mass is 297 g/mol. The van der Waals surface area contributed by atoms with Crippen LogP contribution in [0.3, 0.4) is 0 Å². The van der Waals surface area contributed by atoms with Crippen molar-refractivity contribution in [1.82, 2.24) is 15.1 Å². The van der Waals surface area contributed by atoms with Crippen LogP contribution in [0.25, 0.3) is 0 Å². The van der Waals surface area contributed by atoms with Crippen molar-refractivity contribution in [3.63, 3.8) is 0 Å². The maximum atomic E-state index is 6.50. The summed E-state index contributed by atoms with van der Waals surface area (Å²) in [5.41, 5.74) is 2.58. The number of nitrogens with zero attached hydrogens (tertiary/aromatic N) is 2. The molecule has 1 N–H and O–H groups in total. The van der Waals surface area contributed by atoms with Gasteiger partial charge in [0.05, 0.1) is 16.4 Å². The van der Waals surface area contributed by atoms with E-state index in [1.54, 1.807) is 0 Å². The maximum absolute atomic E-state index is 6.50. The summed E-state index contributed by atoms with van der Waals surface area (Å²) in [6.07, 6.45) is 8.59. The van der Waals surface area contributed by atoms with Gasteiger partial charge >= 0.3 is 0 Å². The summed E-state index contributed by atoms with van der Waals surface area (Å²) in [4.78, 5) is 0. The first-order valence-corrected chi connectivity index (χ1v) is 8.27. The first kappa shape index (κ1) is 15.8. The predicted octanol–water partition coefficient (Wildman–Crippen LogP) is 3.74. The van der Waals surface area contributed by atoms with Crippen LogP contribution in [-0.2, 0) is 19.9 Å². The van der Waals surface area contributed by atoms with Gasteiger partial charge in [-0.3, -0.25) is 4.68 Å². The van der Waals surface area contributed by atoms with E-state index in [1.165, 1.54) is 37.8 Å². The fourth-order valence-corrected chi connectivity index (χ4v) is 4.01. The minimum atomic E-state index is 0.382. The second kappa shape index (κ2) is 6.48. The van der Waals surface area contributed by atoms with E-state index >= 15 is 0 Å². The minimum absolute atomic E-state index is 0.382. The highest BCUT2D eigenvalue weighted by atomic mass is 35.5. The van der Waals surface area contributed by atoms with Gasteiger partial charge in [-0.2, -0.15) is 5.10 Å². The van der Waals surface area contributed by atoms with Gasteiger partial charge in [-0.1, -0.05) is 44.7 Å². The standard InChI is InChI=1S/C16H28ClN3/c1-5-12-15(17)13(20(4)19-12)11-14(18-3)16(2)9-7-6-8-10-16/h14,18H,5-11H2,1-4H3. The number of aromatic nitrogens is 2. The molecule has 0 radical (unpaired) electrons. The molecule has 1 aliphatic carbocycles. The van der Waals surface area contributed by atoms with E-state index in [0.29, 0.717) is 11.5 Å². The Hall–Kier alpha value is -0.540. The van der Waals surface area contributed by atoms with Crippen molar-refractivity contribution in [1.29, 1.82) is 0 Å². The van der Waals surface area contributed by atoms with Crippen LogP contribution < -0.4 is 5.32 Å². The van der Waals surface area contributed by atoms with Crippen molar-refractivity contribution in [2.75, 3.05) is 7.05 Å². The minimum Gasteiger partial charge on any atom is -0.316 e. The number of hydrogen-bond donors (Lipinski definition) is 1. The van der Waals surface area contributed by atoms with Crippen molar-refractivity contribution in [2.24, 2.45) is 12.5 Å². The van der Waals surface area contributed by atoms with Gasteiger partial charge in [-0.15, -0.1) is 0 Å². The van der Waals surface area contributed by atoms with Crippen molar-refractivity contribution in [2.45, 2.75) is 64.8 Å². The molecule has 2 rings (SSSR count). The molecule has 1 fully saturated rings. The van der Waals surface area contributed by atoms with E-state index in [4.69, 9.17) is 11.6 Å². The van der Waals surface area contributed by atoms with Gasteiger partial charge in [-0.25, -0.2) is 0 Å². The molecule has 1 saturated carbocycles. The number of halogens is 1. The van der Waals surface area contributed by atoms with E-state index in [0.717, 1.165) is 23.6 Å². The maximum Gasteiger partial charge on any atom is 0.0850 e. The Morgan fingerprint density at radius 1 is 1.35 bits per heavy atom. The predicted molar refractivity (Wildman–Crippen MR) is 85.3 cm³/mol. The summed E-state index contributed by atoms with van der Waals surface area (Å²) in [6, 6.07) is 0.473. The quantitative estimate of drug-likeness (QED) is 0.897. The molecule has 1 aromatic heterocycles. The zero-order valence-electron chi connectivity index (χ0n) is 13.3. The normalized spacial score (nSPS) is 20.1. The third-order valence-corrected chi connectivity index (χ3v) is 5.52. The van der Waals surface area contributed by atoms with Crippen LogP contribution in [0.2, 0.25) is 5.02 Å². The number of aryl methyl sites for hydroxylation is 2. The van der Waals surface area contributed by atoms with Crippen molar-refractivity contribution in [3.8, 4) is 0 Å². The Kier molecular flexibility index (Phi) is 5.14. The van der Waals surface area contributed by atoms with Crippen molar-refractivity contribution >= 4 is 11.6 Å². The first-order chi connectivity index (χ1) is 9.51. The van der Waals surface area contributed by atoms with Crippen LogP contribution in [-0.4, -0.2) is 22.9 Å². The zero-order valence-corrected chi connectivity index (χ0v) is 14.1. The number of rotatable bonds is 5. The van der Waals surface area contributed by atoms with Gasteiger partial charge < -0.3 is 5.32 Å². The van der Waals surface area contributed by atoms with E-state index < -0.39 is 0 Å². The second-order valence-corrected chi connectivity index (χ2v) is 6.82. The Morgan fingerprint density at radius 3 is 2.50 bits per heavy atom. The first-order valence-electron chi connectivity index (χ1n) is 7.89. The van der Waals surface area contributed by atoms with Crippen molar-refractivity contribution < 1.29 is 0 Å². The third-order valence-electron chi connectivity index (χ3n) is 5.09. The molecular weight excluding hydrogens is 270 g/mol. The lowest BCUT2D eigenvalue weighted by atomic mass is 9.69. The molecule has 0 aliphatic heterocycles. The zero-order chi connectivity index (χ0) is 14.8. The number of hydrogen-bond acceptors (Lipinski definition) is 2. The Bertz CT molecular complexity index is 447. The molecule has 1 aliphatic rings. The van der Waals surface area contributed by atoms with Crippen LogP contribution in [0.5, 0.6) is 0 Å². The topological polar surface area (TPSA) is 29.9 Å². The molecule has 0 spiro atoms. The third kappa shape index (κ3) is 3.04. The highest BCUT2D eigenvalue weighted by Crippen LogP contribution is 2.40.